The van der Waals surface area contributed by atoms with Gasteiger partial charge < -0.3 is 15.2 Å². The Morgan fingerprint density at radius 3 is 2.90 bits per heavy atom. The third kappa shape index (κ3) is 3.61. The Morgan fingerprint density at radius 2 is 2.24 bits per heavy atom. The number of nitrogens with zero attached hydrogens (tertiary/aromatic N) is 3. The SMILES string of the molecule is C=CCNC(=O)N1CCCN(S(=O)(=O)c2cnc[nH]2)CC1. The average Bonchev–Trinajstić information content (AvgIpc) is 2.89. The largest absolute Gasteiger partial charge is 0.335 e. The van der Waals surface area contributed by atoms with Gasteiger partial charge >= 0.3 is 6.03 Å². The first-order valence-corrected chi connectivity index (χ1v) is 8.12. The van der Waals surface area contributed by atoms with Crippen molar-refractivity contribution < 1.29 is 13.2 Å². The smallest absolute Gasteiger partial charge is 0.317 e. The van der Waals surface area contributed by atoms with Gasteiger partial charge in [0.25, 0.3) is 10.0 Å². The van der Waals surface area contributed by atoms with Crippen LogP contribution >= 0.6 is 0 Å². The molecule has 1 aliphatic rings. The maximum Gasteiger partial charge on any atom is 0.317 e. The molecule has 2 N–H and O–H groups in total. The maximum absolute atomic E-state index is 12.4. The number of amides is 2. The molecule has 8 nitrogen and oxygen atoms in total. The van der Waals surface area contributed by atoms with Gasteiger partial charge in [-0.15, -0.1) is 6.58 Å². The molecule has 116 valence electrons. The molecule has 1 fully saturated rings. The first-order valence-electron chi connectivity index (χ1n) is 6.68. The monoisotopic (exact) mass is 313 g/mol. The van der Waals surface area contributed by atoms with Crippen LogP contribution < -0.4 is 5.32 Å². The van der Waals surface area contributed by atoms with Crippen molar-refractivity contribution in [3.63, 3.8) is 0 Å². The second-order valence-electron chi connectivity index (χ2n) is 4.64. The first kappa shape index (κ1) is 15.5. The molecule has 9 heteroatoms. The summed E-state index contributed by atoms with van der Waals surface area (Å²) in [6.45, 7) is 5.46. The number of sulfonamides is 1. The van der Waals surface area contributed by atoms with Crippen LogP contribution in [0.1, 0.15) is 6.42 Å². The average molecular weight is 313 g/mol. The van der Waals surface area contributed by atoms with Crippen molar-refractivity contribution in [1.82, 2.24) is 24.5 Å². The van der Waals surface area contributed by atoms with Crippen LogP contribution in [0.4, 0.5) is 4.79 Å². The number of urea groups is 1. The van der Waals surface area contributed by atoms with Crippen LogP contribution in [0, 0.1) is 0 Å². The number of carbonyl (C=O) groups is 1. The van der Waals surface area contributed by atoms with Crippen molar-refractivity contribution >= 4 is 16.1 Å². The van der Waals surface area contributed by atoms with Gasteiger partial charge in [-0.05, 0) is 6.42 Å². The topological polar surface area (TPSA) is 98.4 Å². The van der Waals surface area contributed by atoms with Crippen molar-refractivity contribution in [2.24, 2.45) is 0 Å². The lowest BCUT2D eigenvalue weighted by Crippen LogP contribution is -2.42. The zero-order valence-corrected chi connectivity index (χ0v) is 12.5. The van der Waals surface area contributed by atoms with Crippen LogP contribution in [0.5, 0.6) is 0 Å². The predicted octanol–water partition coefficient (Wildman–Crippen LogP) is 0.00170. The van der Waals surface area contributed by atoms with E-state index in [0.29, 0.717) is 32.6 Å². The Labute approximate surface area is 123 Å². The maximum atomic E-state index is 12.4. The molecule has 2 amide bonds. The van der Waals surface area contributed by atoms with Gasteiger partial charge in [-0.2, -0.15) is 4.31 Å². The highest BCUT2D eigenvalue weighted by Gasteiger charge is 2.28. The van der Waals surface area contributed by atoms with Crippen LogP contribution in [0.15, 0.2) is 30.2 Å². The summed E-state index contributed by atoms with van der Waals surface area (Å²) >= 11 is 0. The van der Waals surface area contributed by atoms with Gasteiger partial charge in [0.1, 0.15) is 0 Å². The Bertz CT molecular complexity index is 584. The first-order chi connectivity index (χ1) is 10.1. The van der Waals surface area contributed by atoms with Crippen LogP contribution in [0.25, 0.3) is 0 Å². The Kier molecular flexibility index (Phi) is 4.97. The van der Waals surface area contributed by atoms with E-state index >= 15 is 0 Å². The molecule has 0 aliphatic carbocycles. The fraction of sp³-hybridized carbons (Fsp3) is 0.500. The van der Waals surface area contributed by atoms with Crippen molar-refractivity contribution in [2.75, 3.05) is 32.7 Å². The highest BCUT2D eigenvalue weighted by atomic mass is 32.2. The second kappa shape index (κ2) is 6.72. The number of nitrogens with one attached hydrogen (secondary N) is 2. The third-order valence-corrected chi connectivity index (χ3v) is 5.05. The minimum atomic E-state index is -3.57. The minimum absolute atomic E-state index is 0.0760. The van der Waals surface area contributed by atoms with E-state index in [4.69, 9.17) is 0 Å². The van der Waals surface area contributed by atoms with E-state index in [-0.39, 0.29) is 17.6 Å². The van der Waals surface area contributed by atoms with Crippen LogP contribution in [0.2, 0.25) is 0 Å². The number of hydrogen-bond donors (Lipinski definition) is 2. The van der Waals surface area contributed by atoms with Crippen molar-refractivity contribution in [3.8, 4) is 0 Å². The lowest BCUT2D eigenvalue weighted by Gasteiger charge is -2.21. The summed E-state index contributed by atoms with van der Waals surface area (Å²) in [6.07, 6.45) is 4.81. The van der Waals surface area contributed by atoms with E-state index in [1.165, 1.54) is 16.8 Å². The molecular weight excluding hydrogens is 294 g/mol. The lowest BCUT2D eigenvalue weighted by atomic mass is 10.4. The van der Waals surface area contributed by atoms with Crippen LogP contribution in [-0.4, -0.2) is 66.3 Å². The quantitative estimate of drug-likeness (QED) is 0.765. The summed E-state index contributed by atoms with van der Waals surface area (Å²) < 4.78 is 26.1. The Hall–Kier alpha value is -1.87. The fourth-order valence-electron chi connectivity index (χ4n) is 2.13. The number of H-pyrrole nitrogens is 1. The summed E-state index contributed by atoms with van der Waals surface area (Å²) in [7, 11) is -3.57. The molecular formula is C12H19N5O3S. The molecule has 0 spiro atoms. The molecule has 0 atom stereocenters. The highest BCUT2D eigenvalue weighted by Crippen LogP contribution is 2.15. The standard InChI is InChI=1S/C12H19N5O3S/c1-2-4-14-12(18)16-5-3-6-17(8-7-16)21(19,20)11-9-13-10-15-11/h2,9-10H,1,3-8H2,(H,13,15)(H,14,18). The molecule has 0 bridgehead atoms. The number of hydrogen-bond acceptors (Lipinski definition) is 4. The zero-order chi connectivity index (χ0) is 15.3. The summed E-state index contributed by atoms with van der Waals surface area (Å²) in [5, 5.41) is 2.77. The van der Waals surface area contributed by atoms with E-state index in [9.17, 15) is 13.2 Å². The van der Waals surface area contributed by atoms with Crippen LogP contribution in [-0.2, 0) is 10.0 Å². The van der Waals surface area contributed by atoms with E-state index in [1.54, 1.807) is 11.0 Å². The van der Waals surface area contributed by atoms with Crippen molar-refractivity contribution in [1.29, 1.82) is 0 Å². The number of aromatic amines is 1. The van der Waals surface area contributed by atoms with E-state index in [1.807, 2.05) is 0 Å². The molecule has 2 rings (SSSR count). The molecule has 1 aromatic heterocycles. The lowest BCUT2D eigenvalue weighted by molar-refractivity contribution is 0.201. The van der Waals surface area contributed by atoms with Gasteiger partial charge in [0, 0.05) is 32.7 Å². The fourth-order valence-corrected chi connectivity index (χ4v) is 3.50. The van der Waals surface area contributed by atoms with Crippen molar-refractivity contribution in [3.05, 3.63) is 25.2 Å². The summed E-state index contributed by atoms with van der Waals surface area (Å²) in [4.78, 5) is 19.8. The normalized spacial score (nSPS) is 17.2. The number of carbonyl (C=O) groups excluding carboxylic acids is 1. The summed E-state index contributed by atoms with van der Waals surface area (Å²) in [5.74, 6) is 0. The van der Waals surface area contributed by atoms with Gasteiger partial charge in [-0.25, -0.2) is 18.2 Å². The molecule has 0 radical (unpaired) electrons. The molecule has 1 aromatic rings. The van der Waals surface area contributed by atoms with Crippen LogP contribution in [0.3, 0.4) is 0 Å². The minimum Gasteiger partial charge on any atom is -0.335 e. The molecule has 1 aliphatic heterocycles. The number of aromatic nitrogens is 2. The number of rotatable bonds is 4. The van der Waals surface area contributed by atoms with Gasteiger partial charge in [0.05, 0.1) is 12.5 Å². The molecule has 0 aromatic carbocycles. The van der Waals surface area contributed by atoms with Gasteiger partial charge in [0.15, 0.2) is 5.03 Å². The van der Waals surface area contributed by atoms with Gasteiger partial charge in [-0.3, -0.25) is 0 Å². The molecule has 1 saturated heterocycles. The molecule has 2 heterocycles. The molecule has 21 heavy (non-hydrogen) atoms. The molecule has 0 saturated carbocycles. The van der Waals surface area contributed by atoms with Gasteiger partial charge in [0.2, 0.25) is 0 Å². The third-order valence-electron chi connectivity index (χ3n) is 3.23. The van der Waals surface area contributed by atoms with Crippen molar-refractivity contribution in [2.45, 2.75) is 11.4 Å². The zero-order valence-electron chi connectivity index (χ0n) is 11.7. The van der Waals surface area contributed by atoms with E-state index in [2.05, 4.69) is 21.9 Å². The van der Waals surface area contributed by atoms with Gasteiger partial charge in [-0.1, -0.05) is 6.08 Å². The van der Waals surface area contributed by atoms with E-state index < -0.39 is 10.0 Å². The number of imidazole rings is 1. The second-order valence-corrected chi connectivity index (χ2v) is 6.54. The Balaban J connectivity index is 2.01. The Morgan fingerprint density at radius 1 is 1.43 bits per heavy atom. The summed E-state index contributed by atoms with van der Waals surface area (Å²) in [5.41, 5.74) is 0. The highest BCUT2D eigenvalue weighted by molar-refractivity contribution is 7.89. The van der Waals surface area contributed by atoms with E-state index in [0.717, 1.165) is 0 Å². The predicted molar refractivity (Wildman–Crippen MR) is 77.1 cm³/mol. The summed E-state index contributed by atoms with van der Waals surface area (Å²) in [6, 6.07) is -0.198. The molecule has 0 unspecified atom stereocenters.